The molecule has 18 heavy (non-hydrogen) atoms. The van der Waals surface area contributed by atoms with Gasteiger partial charge in [0.1, 0.15) is 0 Å². The van der Waals surface area contributed by atoms with E-state index in [1.807, 2.05) is 14.1 Å². The maximum absolute atomic E-state index is 10.9. The minimum absolute atomic E-state index is 0.287. The van der Waals surface area contributed by atoms with Crippen LogP contribution in [0.25, 0.3) is 0 Å². The summed E-state index contributed by atoms with van der Waals surface area (Å²) >= 11 is 0. The maximum atomic E-state index is 10.9. The predicted octanol–water partition coefficient (Wildman–Crippen LogP) is 1.70. The van der Waals surface area contributed by atoms with Gasteiger partial charge in [-0.2, -0.15) is 0 Å². The fourth-order valence-electron chi connectivity index (χ4n) is 0.818. The summed E-state index contributed by atoms with van der Waals surface area (Å²) in [6.07, 6.45) is 2.80. The Morgan fingerprint density at radius 3 is 2.17 bits per heavy atom. The molecule has 0 bridgehead atoms. The van der Waals surface area contributed by atoms with Gasteiger partial charge < -0.3 is 14.7 Å². The van der Waals surface area contributed by atoms with Gasteiger partial charge in [0, 0.05) is 11.6 Å². The average molecular weight is 257 g/mol. The smallest absolute Gasteiger partial charge is 0.333 e. The Morgan fingerprint density at radius 1 is 1.33 bits per heavy atom. The molecule has 0 heterocycles. The lowest BCUT2D eigenvalue weighted by Gasteiger charge is -2.08. The van der Waals surface area contributed by atoms with Crippen LogP contribution in [-0.4, -0.2) is 49.2 Å². The lowest BCUT2D eigenvalue weighted by molar-refractivity contribution is -0.139. The highest BCUT2D eigenvalue weighted by Crippen LogP contribution is 1.96. The lowest BCUT2D eigenvalue weighted by atomic mass is 10.3. The van der Waals surface area contributed by atoms with Gasteiger partial charge in [-0.15, -0.1) is 0 Å². The fraction of sp³-hybridized carbons (Fsp3) is 0.538. The third kappa shape index (κ3) is 16.8. The molecule has 0 rings (SSSR count). The largest absolute Gasteiger partial charge is 0.478 e. The van der Waals surface area contributed by atoms with Crippen molar-refractivity contribution in [1.29, 1.82) is 0 Å². The summed E-state index contributed by atoms with van der Waals surface area (Å²) in [6, 6.07) is 0. The first-order valence-corrected chi connectivity index (χ1v) is 5.64. The Hall–Kier alpha value is -1.62. The van der Waals surface area contributed by atoms with Crippen molar-refractivity contribution in [2.75, 3.05) is 27.2 Å². The number of aliphatic carboxylic acids is 1. The summed E-state index contributed by atoms with van der Waals surface area (Å²) in [4.78, 5) is 22.3. The molecule has 0 aliphatic rings. The molecule has 0 fully saturated rings. The molecule has 0 aromatic carbocycles. The Bertz CT molecular complexity index is 285. The minimum atomic E-state index is -0.981. The van der Waals surface area contributed by atoms with E-state index in [2.05, 4.69) is 18.1 Å². The number of ether oxygens (including phenoxy) is 1. The molecule has 0 saturated carbocycles. The van der Waals surface area contributed by atoms with Gasteiger partial charge in [0.05, 0.1) is 6.61 Å². The van der Waals surface area contributed by atoms with Crippen LogP contribution in [0.15, 0.2) is 24.8 Å². The number of carboxylic acids is 1. The van der Waals surface area contributed by atoms with Gasteiger partial charge in [-0.25, -0.2) is 9.59 Å². The van der Waals surface area contributed by atoms with E-state index in [0.29, 0.717) is 12.2 Å². The molecule has 0 radical (unpaired) electrons. The van der Waals surface area contributed by atoms with E-state index in [9.17, 15) is 9.59 Å². The van der Waals surface area contributed by atoms with Crippen molar-refractivity contribution in [3.8, 4) is 0 Å². The van der Waals surface area contributed by atoms with E-state index in [0.717, 1.165) is 25.5 Å². The van der Waals surface area contributed by atoms with Gasteiger partial charge in [0.15, 0.2) is 0 Å². The van der Waals surface area contributed by atoms with E-state index < -0.39 is 5.97 Å². The van der Waals surface area contributed by atoms with Crippen LogP contribution in [0.5, 0.6) is 0 Å². The van der Waals surface area contributed by atoms with Gasteiger partial charge in [-0.1, -0.05) is 13.2 Å². The maximum Gasteiger partial charge on any atom is 0.333 e. The van der Waals surface area contributed by atoms with Gasteiger partial charge in [-0.3, -0.25) is 0 Å². The Labute approximate surface area is 109 Å². The van der Waals surface area contributed by atoms with Gasteiger partial charge in [0.2, 0.25) is 0 Å². The highest BCUT2D eigenvalue weighted by molar-refractivity contribution is 5.86. The number of nitrogens with zero attached hydrogens (tertiary/aromatic N) is 1. The first-order valence-electron chi connectivity index (χ1n) is 5.64. The molecule has 0 aromatic rings. The topological polar surface area (TPSA) is 66.8 Å². The second kappa shape index (κ2) is 11.9. The first kappa shape index (κ1) is 18.7. The summed E-state index contributed by atoms with van der Waals surface area (Å²) < 4.78 is 4.93. The molecule has 1 N–H and O–H groups in total. The molecular formula is C13H23NO4. The third-order valence-electron chi connectivity index (χ3n) is 1.76. The fourth-order valence-corrected chi connectivity index (χ4v) is 0.818. The Kier molecular flexibility index (Phi) is 12.3. The Balaban J connectivity index is 0. The number of carbonyl (C=O) groups is 2. The molecule has 0 aliphatic heterocycles. The van der Waals surface area contributed by atoms with E-state index >= 15 is 0 Å². The number of rotatable bonds is 7. The molecule has 0 unspecified atom stereocenters. The molecule has 0 spiro atoms. The highest BCUT2D eigenvalue weighted by atomic mass is 16.5. The molecule has 5 nitrogen and oxygen atoms in total. The third-order valence-corrected chi connectivity index (χ3v) is 1.76. The standard InChI is InChI=1S/C10H19NO2.C3H4O2/c1-9(2)10(12)13-8-6-5-7-11(3)4;1-2-3(4)5/h1,5-8H2,2-4H3;2H,1H2,(H,4,5). The molecule has 0 aliphatic carbocycles. The second-order valence-electron chi connectivity index (χ2n) is 3.97. The van der Waals surface area contributed by atoms with Crippen molar-refractivity contribution in [3.05, 3.63) is 24.8 Å². The van der Waals surface area contributed by atoms with Gasteiger partial charge >= 0.3 is 11.9 Å². The van der Waals surface area contributed by atoms with Crippen LogP contribution in [0.3, 0.4) is 0 Å². The van der Waals surface area contributed by atoms with E-state index in [4.69, 9.17) is 9.84 Å². The van der Waals surface area contributed by atoms with Gasteiger partial charge in [0.25, 0.3) is 0 Å². The number of carboxylic acid groups (broad SMARTS) is 1. The van der Waals surface area contributed by atoms with E-state index in [-0.39, 0.29) is 5.97 Å². The predicted molar refractivity (Wildman–Crippen MR) is 71.4 cm³/mol. The lowest BCUT2D eigenvalue weighted by Crippen LogP contribution is -2.14. The van der Waals surface area contributed by atoms with Crippen LogP contribution in [-0.2, 0) is 14.3 Å². The van der Waals surface area contributed by atoms with Crippen molar-refractivity contribution in [1.82, 2.24) is 4.90 Å². The van der Waals surface area contributed by atoms with Crippen molar-refractivity contribution in [2.24, 2.45) is 0 Å². The molecule has 0 atom stereocenters. The molecule has 104 valence electrons. The highest BCUT2D eigenvalue weighted by Gasteiger charge is 2.01. The summed E-state index contributed by atoms with van der Waals surface area (Å²) in [6.45, 7) is 9.65. The average Bonchev–Trinajstić information content (AvgIpc) is 2.28. The molecular weight excluding hydrogens is 234 g/mol. The number of hydrogen-bond donors (Lipinski definition) is 1. The summed E-state index contributed by atoms with van der Waals surface area (Å²) in [5.41, 5.74) is 0.465. The van der Waals surface area contributed by atoms with Crippen LogP contribution in [0, 0.1) is 0 Å². The van der Waals surface area contributed by atoms with Crippen molar-refractivity contribution >= 4 is 11.9 Å². The Morgan fingerprint density at radius 2 is 1.83 bits per heavy atom. The summed E-state index contributed by atoms with van der Waals surface area (Å²) in [5.74, 6) is -1.27. The number of carbonyl (C=O) groups excluding carboxylic acids is 1. The summed E-state index contributed by atoms with van der Waals surface area (Å²) in [7, 11) is 4.06. The number of unbranched alkanes of at least 4 members (excludes halogenated alkanes) is 1. The zero-order chi connectivity index (χ0) is 14.6. The quantitative estimate of drug-likeness (QED) is 0.427. The molecule has 0 amide bonds. The van der Waals surface area contributed by atoms with Crippen LogP contribution >= 0.6 is 0 Å². The van der Waals surface area contributed by atoms with Crippen molar-refractivity contribution in [2.45, 2.75) is 19.8 Å². The molecule has 0 aromatic heterocycles. The second-order valence-corrected chi connectivity index (χ2v) is 3.97. The summed E-state index contributed by atoms with van der Waals surface area (Å²) in [5, 5.41) is 7.60. The zero-order valence-electron chi connectivity index (χ0n) is 11.4. The van der Waals surface area contributed by atoms with Crippen LogP contribution < -0.4 is 0 Å². The molecule has 5 heteroatoms. The van der Waals surface area contributed by atoms with Crippen LogP contribution in [0.4, 0.5) is 0 Å². The van der Waals surface area contributed by atoms with Gasteiger partial charge in [-0.05, 0) is 40.4 Å². The number of esters is 1. The van der Waals surface area contributed by atoms with Crippen molar-refractivity contribution < 1.29 is 19.4 Å². The normalized spacial score (nSPS) is 9.11. The molecule has 0 saturated heterocycles. The minimum Gasteiger partial charge on any atom is -0.478 e. The monoisotopic (exact) mass is 257 g/mol. The SMILES string of the molecule is C=C(C)C(=O)OCCCCN(C)C.C=CC(=O)O. The van der Waals surface area contributed by atoms with Crippen LogP contribution in [0.2, 0.25) is 0 Å². The van der Waals surface area contributed by atoms with Crippen molar-refractivity contribution in [3.63, 3.8) is 0 Å². The first-order chi connectivity index (χ1) is 8.31. The van der Waals surface area contributed by atoms with Crippen LogP contribution in [0.1, 0.15) is 19.8 Å². The number of hydrogen-bond acceptors (Lipinski definition) is 4. The zero-order valence-corrected chi connectivity index (χ0v) is 11.4. The van der Waals surface area contributed by atoms with E-state index in [1.165, 1.54) is 0 Å². The van der Waals surface area contributed by atoms with E-state index in [1.54, 1.807) is 6.92 Å².